The lowest BCUT2D eigenvalue weighted by molar-refractivity contribution is -0.120. The number of ether oxygens (including phenoxy) is 2. The Morgan fingerprint density at radius 2 is 2.00 bits per heavy atom. The second-order valence-corrected chi connectivity index (χ2v) is 4.79. The van der Waals surface area contributed by atoms with E-state index in [4.69, 9.17) is 21.1 Å². The van der Waals surface area contributed by atoms with Crippen molar-refractivity contribution in [3.63, 3.8) is 0 Å². The van der Waals surface area contributed by atoms with Crippen molar-refractivity contribution in [1.82, 2.24) is 5.32 Å². The molecular formula is C14H20ClNO3. The molecule has 0 aliphatic carbocycles. The lowest BCUT2D eigenvalue weighted by Gasteiger charge is -2.11. The zero-order chi connectivity index (χ0) is 14.3. The summed E-state index contributed by atoms with van der Waals surface area (Å²) in [6.07, 6.45) is 1.13. The van der Waals surface area contributed by atoms with E-state index in [9.17, 15) is 4.79 Å². The van der Waals surface area contributed by atoms with Gasteiger partial charge in [0.2, 0.25) is 5.91 Å². The molecular weight excluding hydrogens is 266 g/mol. The highest BCUT2D eigenvalue weighted by atomic mass is 35.5. The molecule has 0 saturated carbocycles. The Morgan fingerprint density at radius 1 is 1.32 bits per heavy atom. The van der Waals surface area contributed by atoms with Crippen molar-refractivity contribution < 1.29 is 14.3 Å². The Kier molecular flexibility index (Phi) is 6.50. The SMILES string of the molecule is CCC(Cl)CNC(=O)Cc1ccc(OC)c(OC)c1. The van der Waals surface area contributed by atoms with E-state index in [1.807, 2.05) is 13.0 Å². The maximum absolute atomic E-state index is 11.7. The highest BCUT2D eigenvalue weighted by Gasteiger charge is 2.09. The molecule has 1 amide bonds. The van der Waals surface area contributed by atoms with Crippen LogP contribution in [0.3, 0.4) is 0 Å². The van der Waals surface area contributed by atoms with E-state index in [1.54, 1.807) is 26.4 Å². The van der Waals surface area contributed by atoms with Gasteiger partial charge in [-0.2, -0.15) is 0 Å². The minimum Gasteiger partial charge on any atom is -0.493 e. The normalized spacial score (nSPS) is 11.8. The van der Waals surface area contributed by atoms with Crippen molar-refractivity contribution >= 4 is 17.5 Å². The van der Waals surface area contributed by atoms with Crippen LogP contribution in [0.15, 0.2) is 18.2 Å². The Balaban J connectivity index is 2.59. The van der Waals surface area contributed by atoms with Gasteiger partial charge in [-0.05, 0) is 24.1 Å². The van der Waals surface area contributed by atoms with Crippen molar-refractivity contribution in [2.45, 2.75) is 25.1 Å². The van der Waals surface area contributed by atoms with Gasteiger partial charge < -0.3 is 14.8 Å². The number of hydrogen-bond donors (Lipinski definition) is 1. The monoisotopic (exact) mass is 285 g/mol. The Morgan fingerprint density at radius 3 is 2.58 bits per heavy atom. The number of hydrogen-bond acceptors (Lipinski definition) is 3. The summed E-state index contributed by atoms with van der Waals surface area (Å²) in [5, 5.41) is 2.79. The van der Waals surface area contributed by atoms with Gasteiger partial charge in [0.05, 0.1) is 26.0 Å². The average molecular weight is 286 g/mol. The molecule has 0 aromatic heterocycles. The average Bonchev–Trinajstić information content (AvgIpc) is 2.44. The molecule has 4 nitrogen and oxygen atoms in total. The molecule has 1 aromatic rings. The fraction of sp³-hybridized carbons (Fsp3) is 0.500. The minimum absolute atomic E-state index is 0.0191. The van der Waals surface area contributed by atoms with Gasteiger partial charge >= 0.3 is 0 Å². The first kappa shape index (κ1) is 15.6. The van der Waals surface area contributed by atoms with Crippen molar-refractivity contribution in [3.8, 4) is 11.5 Å². The third-order valence-electron chi connectivity index (χ3n) is 2.78. The van der Waals surface area contributed by atoms with Gasteiger partial charge in [-0.1, -0.05) is 13.0 Å². The Bertz CT molecular complexity index is 423. The molecule has 19 heavy (non-hydrogen) atoms. The zero-order valence-corrected chi connectivity index (χ0v) is 12.3. The summed E-state index contributed by atoms with van der Waals surface area (Å²) in [5.74, 6) is 1.22. The molecule has 0 aliphatic heterocycles. The predicted octanol–water partition coefficient (Wildman–Crippen LogP) is 2.38. The van der Waals surface area contributed by atoms with Crippen LogP contribution in [0, 0.1) is 0 Å². The number of halogens is 1. The third kappa shape index (κ3) is 4.99. The summed E-state index contributed by atoms with van der Waals surface area (Å²) in [6.45, 7) is 2.47. The molecule has 1 unspecified atom stereocenters. The lowest BCUT2D eigenvalue weighted by Crippen LogP contribution is -2.30. The molecule has 0 aliphatic rings. The van der Waals surface area contributed by atoms with Gasteiger partial charge in [-0.15, -0.1) is 11.6 Å². The smallest absolute Gasteiger partial charge is 0.224 e. The second-order valence-electron chi connectivity index (χ2n) is 4.18. The molecule has 1 rings (SSSR count). The number of carbonyl (C=O) groups excluding carboxylic acids is 1. The molecule has 0 radical (unpaired) electrons. The molecule has 5 heteroatoms. The summed E-state index contributed by atoms with van der Waals surface area (Å²) in [4.78, 5) is 11.7. The van der Waals surface area contributed by atoms with E-state index in [0.29, 0.717) is 24.5 Å². The number of amides is 1. The first-order chi connectivity index (χ1) is 9.10. The molecule has 106 valence electrons. The van der Waals surface area contributed by atoms with Crippen molar-refractivity contribution in [2.24, 2.45) is 0 Å². The highest BCUT2D eigenvalue weighted by molar-refractivity contribution is 6.20. The van der Waals surface area contributed by atoms with E-state index >= 15 is 0 Å². The van der Waals surface area contributed by atoms with Crippen LogP contribution in [0.25, 0.3) is 0 Å². The van der Waals surface area contributed by atoms with Gasteiger partial charge in [0.15, 0.2) is 11.5 Å². The van der Waals surface area contributed by atoms with Crippen LogP contribution in [0.2, 0.25) is 0 Å². The van der Waals surface area contributed by atoms with Crippen LogP contribution in [0.4, 0.5) is 0 Å². The topological polar surface area (TPSA) is 47.6 Å². The number of methoxy groups -OCH3 is 2. The summed E-state index contributed by atoms with van der Waals surface area (Å²) in [5.41, 5.74) is 0.873. The van der Waals surface area contributed by atoms with Gasteiger partial charge in [-0.25, -0.2) is 0 Å². The van der Waals surface area contributed by atoms with Gasteiger partial charge in [0.1, 0.15) is 0 Å². The van der Waals surface area contributed by atoms with Crippen LogP contribution in [-0.4, -0.2) is 32.0 Å². The zero-order valence-electron chi connectivity index (χ0n) is 11.5. The maximum atomic E-state index is 11.7. The van der Waals surface area contributed by atoms with E-state index in [2.05, 4.69) is 5.32 Å². The van der Waals surface area contributed by atoms with Crippen LogP contribution in [0.1, 0.15) is 18.9 Å². The Labute approximate surface area is 119 Å². The quantitative estimate of drug-likeness (QED) is 0.783. The van der Waals surface area contributed by atoms with Gasteiger partial charge in [0.25, 0.3) is 0 Å². The highest BCUT2D eigenvalue weighted by Crippen LogP contribution is 2.27. The molecule has 1 aromatic carbocycles. The fourth-order valence-electron chi connectivity index (χ4n) is 1.61. The molecule has 0 fully saturated rings. The predicted molar refractivity (Wildman–Crippen MR) is 76.2 cm³/mol. The maximum Gasteiger partial charge on any atom is 0.224 e. The molecule has 1 atom stereocenters. The summed E-state index contributed by atoms with van der Waals surface area (Å²) in [7, 11) is 3.15. The summed E-state index contributed by atoms with van der Waals surface area (Å²) >= 11 is 5.95. The first-order valence-electron chi connectivity index (χ1n) is 6.22. The van der Waals surface area contributed by atoms with Crippen LogP contribution in [0.5, 0.6) is 11.5 Å². The minimum atomic E-state index is -0.0497. The number of alkyl halides is 1. The number of nitrogens with one attached hydrogen (secondary N) is 1. The van der Waals surface area contributed by atoms with E-state index in [0.717, 1.165) is 12.0 Å². The van der Waals surface area contributed by atoms with Crippen LogP contribution >= 0.6 is 11.6 Å². The van der Waals surface area contributed by atoms with Crippen molar-refractivity contribution in [1.29, 1.82) is 0 Å². The standard InChI is InChI=1S/C14H20ClNO3/c1-4-11(15)9-16-14(17)8-10-5-6-12(18-2)13(7-10)19-3/h5-7,11H,4,8-9H2,1-3H3,(H,16,17). The Hall–Kier alpha value is -1.42. The molecule has 0 bridgehead atoms. The second kappa shape index (κ2) is 7.89. The number of rotatable bonds is 7. The number of benzene rings is 1. The largest absolute Gasteiger partial charge is 0.493 e. The fourth-order valence-corrected chi connectivity index (χ4v) is 1.68. The van der Waals surface area contributed by atoms with Gasteiger partial charge in [-0.3, -0.25) is 4.79 Å². The molecule has 0 saturated heterocycles. The van der Waals surface area contributed by atoms with Crippen LogP contribution in [-0.2, 0) is 11.2 Å². The van der Waals surface area contributed by atoms with Gasteiger partial charge in [0, 0.05) is 6.54 Å². The van der Waals surface area contributed by atoms with E-state index in [1.165, 1.54) is 0 Å². The van der Waals surface area contributed by atoms with E-state index < -0.39 is 0 Å². The molecule has 1 N–H and O–H groups in total. The van der Waals surface area contributed by atoms with Crippen molar-refractivity contribution in [3.05, 3.63) is 23.8 Å². The molecule has 0 heterocycles. The van der Waals surface area contributed by atoms with Crippen molar-refractivity contribution in [2.75, 3.05) is 20.8 Å². The first-order valence-corrected chi connectivity index (χ1v) is 6.66. The third-order valence-corrected chi connectivity index (χ3v) is 3.24. The summed E-state index contributed by atoms with van der Waals surface area (Å²) in [6, 6.07) is 5.44. The van der Waals surface area contributed by atoms with E-state index in [-0.39, 0.29) is 11.3 Å². The number of carbonyl (C=O) groups is 1. The lowest BCUT2D eigenvalue weighted by atomic mass is 10.1. The van der Waals surface area contributed by atoms with Crippen LogP contribution < -0.4 is 14.8 Å². The molecule has 0 spiro atoms. The summed E-state index contributed by atoms with van der Waals surface area (Å²) < 4.78 is 10.3.